The number of para-hydroxylation sites is 2. The minimum absolute atomic E-state index is 0.267. The lowest BCUT2D eigenvalue weighted by molar-refractivity contribution is 0.315. The molecule has 2 aromatic rings. The van der Waals surface area contributed by atoms with Crippen LogP contribution in [-0.4, -0.2) is 21.6 Å². The molecular formula is C16H18N2O3S. The third kappa shape index (κ3) is 3.08. The molecule has 22 heavy (non-hydrogen) atoms. The molecule has 0 atom stereocenters. The molecule has 3 rings (SSSR count). The Balaban J connectivity index is 1.79. The van der Waals surface area contributed by atoms with Crippen molar-refractivity contribution in [1.82, 2.24) is 4.72 Å². The van der Waals surface area contributed by atoms with E-state index in [9.17, 15) is 8.42 Å². The average Bonchev–Trinajstić information content (AvgIpc) is 2.52. The summed E-state index contributed by atoms with van der Waals surface area (Å²) in [5, 5.41) is 0. The van der Waals surface area contributed by atoms with Crippen LogP contribution >= 0.6 is 0 Å². The van der Waals surface area contributed by atoms with Crippen molar-refractivity contribution in [3.63, 3.8) is 0 Å². The largest absolute Gasteiger partial charge is 0.489 e. The van der Waals surface area contributed by atoms with Crippen LogP contribution in [0.2, 0.25) is 0 Å². The van der Waals surface area contributed by atoms with Crippen molar-refractivity contribution in [2.24, 2.45) is 0 Å². The maximum atomic E-state index is 12.6. The lowest BCUT2D eigenvalue weighted by Crippen LogP contribution is -2.44. The van der Waals surface area contributed by atoms with Crippen LogP contribution in [0.4, 0.5) is 5.69 Å². The van der Waals surface area contributed by atoms with Crippen LogP contribution in [0.25, 0.3) is 0 Å². The van der Waals surface area contributed by atoms with Gasteiger partial charge in [-0.15, -0.1) is 0 Å². The van der Waals surface area contributed by atoms with Gasteiger partial charge in [0.15, 0.2) is 0 Å². The molecule has 0 bridgehead atoms. The van der Waals surface area contributed by atoms with E-state index in [0.717, 1.165) is 11.1 Å². The minimum Gasteiger partial charge on any atom is -0.489 e. The van der Waals surface area contributed by atoms with E-state index in [-0.39, 0.29) is 6.54 Å². The van der Waals surface area contributed by atoms with Crippen molar-refractivity contribution in [3.05, 3.63) is 59.7 Å². The van der Waals surface area contributed by atoms with Crippen LogP contribution in [0.5, 0.6) is 5.75 Å². The molecule has 2 aromatic carbocycles. The summed E-state index contributed by atoms with van der Waals surface area (Å²) in [6, 6.07) is 14.9. The fraction of sp³-hybridized carbons (Fsp3) is 0.250. The summed E-state index contributed by atoms with van der Waals surface area (Å²) in [6.45, 7) is 2.91. The van der Waals surface area contributed by atoms with Crippen molar-refractivity contribution in [1.29, 1.82) is 0 Å². The Kier molecular flexibility index (Phi) is 4.04. The topological polar surface area (TPSA) is 58.6 Å². The van der Waals surface area contributed by atoms with Gasteiger partial charge >= 0.3 is 10.2 Å². The molecule has 0 aliphatic carbocycles. The molecule has 6 heteroatoms. The molecule has 0 unspecified atom stereocenters. The highest BCUT2D eigenvalue weighted by Gasteiger charge is 2.27. The van der Waals surface area contributed by atoms with Gasteiger partial charge in [0.1, 0.15) is 12.4 Å². The SMILES string of the molecule is Cc1cccc(CNS(=O)(=O)N2CCOc3ccccc32)c1. The lowest BCUT2D eigenvalue weighted by atomic mass is 10.1. The zero-order valence-electron chi connectivity index (χ0n) is 12.3. The number of benzene rings is 2. The Morgan fingerprint density at radius 1 is 1.18 bits per heavy atom. The molecular weight excluding hydrogens is 300 g/mol. The third-order valence-corrected chi connectivity index (χ3v) is 4.99. The fourth-order valence-corrected chi connectivity index (χ4v) is 3.70. The van der Waals surface area contributed by atoms with Crippen LogP contribution in [0.15, 0.2) is 48.5 Å². The quantitative estimate of drug-likeness (QED) is 0.940. The molecule has 5 nitrogen and oxygen atoms in total. The number of nitrogens with one attached hydrogen (secondary N) is 1. The number of ether oxygens (including phenoxy) is 1. The maximum absolute atomic E-state index is 12.6. The Hall–Kier alpha value is -2.05. The summed E-state index contributed by atoms with van der Waals surface area (Å²) in [4.78, 5) is 0. The zero-order chi connectivity index (χ0) is 15.6. The molecule has 0 fully saturated rings. The van der Waals surface area contributed by atoms with Crippen LogP contribution in [0.1, 0.15) is 11.1 Å². The second-order valence-corrected chi connectivity index (χ2v) is 6.88. The highest BCUT2D eigenvalue weighted by Crippen LogP contribution is 2.32. The first-order valence-corrected chi connectivity index (χ1v) is 8.55. The first kappa shape index (κ1) is 14.9. The summed E-state index contributed by atoms with van der Waals surface area (Å²) >= 11 is 0. The lowest BCUT2D eigenvalue weighted by Gasteiger charge is -2.30. The Bertz CT molecular complexity index is 774. The number of rotatable bonds is 4. The zero-order valence-corrected chi connectivity index (χ0v) is 13.1. The van der Waals surface area contributed by atoms with E-state index in [1.54, 1.807) is 18.2 Å². The van der Waals surface area contributed by atoms with Crippen molar-refractivity contribution >= 4 is 15.9 Å². The monoisotopic (exact) mass is 318 g/mol. The van der Waals surface area contributed by atoms with Gasteiger partial charge in [-0.1, -0.05) is 42.0 Å². The predicted octanol–water partition coefficient (Wildman–Crippen LogP) is 2.23. The Labute approximate surface area is 130 Å². The number of nitrogens with zero attached hydrogens (tertiary/aromatic N) is 1. The van der Waals surface area contributed by atoms with Gasteiger partial charge in [0.2, 0.25) is 0 Å². The number of anilines is 1. The molecule has 1 aliphatic rings. The van der Waals surface area contributed by atoms with Gasteiger partial charge < -0.3 is 4.74 Å². The van der Waals surface area contributed by atoms with E-state index in [1.807, 2.05) is 37.3 Å². The first-order chi connectivity index (χ1) is 10.6. The van der Waals surface area contributed by atoms with Crippen molar-refractivity contribution in [3.8, 4) is 5.75 Å². The average molecular weight is 318 g/mol. The highest BCUT2D eigenvalue weighted by atomic mass is 32.2. The summed E-state index contributed by atoms with van der Waals surface area (Å²) < 4.78 is 34.6. The van der Waals surface area contributed by atoms with Gasteiger partial charge in [0.25, 0.3) is 0 Å². The van der Waals surface area contributed by atoms with Crippen LogP contribution < -0.4 is 13.8 Å². The van der Waals surface area contributed by atoms with Crippen molar-refractivity contribution < 1.29 is 13.2 Å². The Morgan fingerprint density at radius 3 is 2.82 bits per heavy atom. The molecule has 1 aliphatic heterocycles. The molecule has 0 radical (unpaired) electrons. The van der Waals surface area contributed by atoms with E-state index >= 15 is 0 Å². The van der Waals surface area contributed by atoms with Gasteiger partial charge in [0.05, 0.1) is 12.2 Å². The normalized spacial score (nSPS) is 14.3. The smallest absolute Gasteiger partial charge is 0.302 e. The molecule has 0 amide bonds. The van der Waals surface area contributed by atoms with Gasteiger partial charge in [-0.25, -0.2) is 0 Å². The molecule has 0 aromatic heterocycles. The maximum Gasteiger partial charge on any atom is 0.302 e. The predicted molar refractivity (Wildman–Crippen MR) is 86.2 cm³/mol. The minimum atomic E-state index is -3.60. The van der Waals surface area contributed by atoms with Crippen LogP contribution in [-0.2, 0) is 16.8 Å². The van der Waals surface area contributed by atoms with Crippen molar-refractivity contribution in [2.45, 2.75) is 13.5 Å². The summed E-state index contributed by atoms with van der Waals surface area (Å²) in [5.74, 6) is 0.592. The molecule has 1 N–H and O–H groups in total. The van der Waals surface area contributed by atoms with Gasteiger partial charge in [-0.2, -0.15) is 13.1 Å². The van der Waals surface area contributed by atoms with E-state index < -0.39 is 10.2 Å². The second kappa shape index (κ2) is 5.98. The summed E-state index contributed by atoms with van der Waals surface area (Å²) in [6.07, 6.45) is 0. The van der Waals surface area contributed by atoms with Gasteiger partial charge in [0, 0.05) is 6.54 Å². The molecule has 0 saturated heterocycles. The molecule has 116 valence electrons. The summed E-state index contributed by atoms with van der Waals surface area (Å²) in [5.41, 5.74) is 2.61. The molecule has 0 spiro atoms. The first-order valence-electron chi connectivity index (χ1n) is 7.11. The number of fused-ring (bicyclic) bond motifs is 1. The molecule has 1 heterocycles. The van der Waals surface area contributed by atoms with Crippen LogP contribution in [0.3, 0.4) is 0 Å². The standard InChI is InChI=1S/C16H18N2O3S/c1-13-5-4-6-14(11-13)12-17-22(19,20)18-9-10-21-16-8-3-2-7-15(16)18/h2-8,11,17H,9-10,12H2,1H3. The summed E-state index contributed by atoms with van der Waals surface area (Å²) in [7, 11) is -3.60. The van der Waals surface area contributed by atoms with Gasteiger partial charge in [-0.05, 0) is 24.6 Å². The van der Waals surface area contributed by atoms with E-state index in [2.05, 4.69) is 4.72 Å². The van der Waals surface area contributed by atoms with Crippen LogP contribution in [0, 0.1) is 6.92 Å². The highest BCUT2D eigenvalue weighted by molar-refractivity contribution is 7.90. The number of aryl methyl sites for hydroxylation is 1. The molecule has 0 saturated carbocycles. The van der Waals surface area contributed by atoms with E-state index in [0.29, 0.717) is 24.6 Å². The van der Waals surface area contributed by atoms with Crippen molar-refractivity contribution in [2.75, 3.05) is 17.5 Å². The Morgan fingerprint density at radius 2 is 2.00 bits per heavy atom. The number of hydrogen-bond donors (Lipinski definition) is 1. The van der Waals surface area contributed by atoms with Gasteiger partial charge in [-0.3, -0.25) is 4.31 Å². The third-order valence-electron chi connectivity index (χ3n) is 3.52. The van der Waals surface area contributed by atoms with E-state index in [4.69, 9.17) is 4.74 Å². The second-order valence-electron chi connectivity index (χ2n) is 5.20. The number of hydrogen-bond acceptors (Lipinski definition) is 3. The van der Waals surface area contributed by atoms with E-state index in [1.165, 1.54) is 4.31 Å². The fourth-order valence-electron chi connectivity index (χ4n) is 2.47.